The van der Waals surface area contributed by atoms with Gasteiger partial charge in [-0.2, -0.15) is 16.8 Å². The van der Waals surface area contributed by atoms with Crippen molar-refractivity contribution < 1.29 is 14.4 Å². The van der Waals surface area contributed by atoms with Crippen LogP contribution in [0, 0.1) is 5.92 Å². The molecular weight excluding hydrogens is 310 g/mol. The molecule has 5 heteroatoms. The molecule has 4 nitrogen and oxygen atoms in total. The number of ether oxygens (including phenoxy) is 1. The maximum Gasteiger partial charge on any atom is 0.338 e. The fraction of sp³-hybridized carbons (Fsp3) is 0.611. The molecule has 0 bridgehead atoms. The Hall–Kier alpha value is -1.04. The SMILES string of the molecule is CC(C)(C)OC(=O)[C@H]1ON(Cc2ccccc2)[C@H]2CCSC[C@H]12. The number of hydroxylamine groups is 2. The molecule has 0 aliphatic carbocycles. The Bertz CT molecular complexity index is 543. The third-order valence-electron chi connectivity index (χ3n) is 4.19. The number of carbonyl (C=O) groups excluding carboxylic acids is 1. The highest BCUT2D eigenvalue weighted by atomic mass is 32.2. The molecule has 2 aliphatic heterocycles. The normalized spacial score (nSPS) is 28.4. The highest BCUT2D eigenvalue weighted by Crippen LogP contribution is 2.38. The van der Waals surface area contributed by atoms with Gasteiger partial charge in [0.15, 0.2) is 6.10 Å². The lowest BCUT2D eigenvalue weighted by Crippen LogP contribution is -2.40. The minimum Gasteiger partial charge on any atom is -0.458 e. The number of fused-ring (bicyclic) bond motifs is 1. The van der Waals surface area contributed by atoms with Gasteiger partial charge in [0, 0.05) is 24.3 Å². The van der Waals surface area contributed by atoms with Crippen LogP contribution in [0.25, 0.3) is 0 Å². The lowest BCUT2D eigenvalue weighted by molar-refractivity contribution is -0.200. The summed E-state index contributed by atoms with van der Waals surface area (Å²) in [5.74, 6) is 2.06. The monoisotopic (exact) mass is 335 g/mol. The fourth-order valence-electron chi connectivity index (χ4n) is 3.19. The third-order valence-corrected chi connectivity index (χ3v) is 5.34. The van der Waals surface area contributed by atoms with E-state index in [9.17, 15) is 4.79 Å². The Labute approximate surface area is 142 Å². The highest BCUT2D eigenvalue weighted by Gasteiger charge is 2.49. The maximum absolute atomic E-state index is 12.5. The van der Waals surface area contributed by atoms with Crippen LogP contribution in [0.15, 0.2) is 30.3 Å². The number of esters is 1. The van der Waals surface area contributed by atoms with Gasteiger partial charge in [-0.3, -0.25) is 4.84 Å². The van der Waals surface area contributed by atoms with E-state index in [4.69, 9.17) is 9.57 Å². The van der Waals surface area contributed by atoms with Gasteiger partial charge in [-0.25, -0.2) is 4.79 Å². The molecule has 0 radical (unpaired) electrons. The van der Waals surface area contributed by atoms with E-state index in [1.54, 1.807) is 0 Å². The highest BCUT2D eigenvalue weighted by molar-refractivity contribution is 7.99. The summed E-state index contributed by atoms with van der Waals surface area (Å²) in [7, 11) is 0. The average Bonchev–Trinajstić information content (AvgIpc) is 2.86. The number of thioether (sulfide) groups is 1. The molecule has 3 atom stereocenters. The molecule has 126 valence electrons. The predicted molar refractivity (Wildman–Crippen MR) is 91.9 cm³/mol. The van der Waals surface area contributed by atoms with Gasteiger partial charge in [-0.1, -0.05) is 30.3 Å². The number of hydrogen-bond acceptors (Lipinski definition) is 5. The van der Waals surface area contributed by atoms with Gasteiger partial charge in [0.2, 0.25) is 0 Å². The van der Waals surface area contributed by atoms with Gasteiger partial charge in [-0.05, 0) is 38.5 Å². The number of hydrogen-bond donors (Lipinski definition) is 0. The van der Waals surface area contributed by atoms with Gasteiger partial charge >= 0.3 is 5.97 Å². The van der Waals surface area contributed by atoms with E-state index in [2.05, 4.69) is 12.1 Å². The zero-order chi connectivity index (χ0) is 16.4. The molecule has 0 saturated carbocycles. The van der Waals surface area contributed by atoms with Crippen molar-refractivity contribution in [1.82, 2.24) is 5.06 Å². The summed E-state index contributed by atoms with van der Waals surface area (Å²) in [5.41, 5.74) is 0.722. The maximum atomic E-state index is 12.5. The molecule has 2 aliphatic rings. The Morgan fingerprint density at radius 2 is 2.09 bits per heavy atom. The number of rotatable bonds is 3. The summed E-state index contributed by atoms with van der Waals surface area (Å²) < 4.78 is 5.57. The topological polar surface area (TPSA) is 38.8 Å². The zero-order valence-corrected chi connectivity index (χ0v) is 14.8. The van der Waals surface area contributed by atoms with Gasteiger partial charge in [0.1, 0.15) is 5.60 Å². The van der Waals surface area contributed by atoms with Crippen LogP contribution in [0.3, 0.4) is 0 Å². The first-order chi connectivity index (χ1) is 10.9. The Kier molecular flexibility index (Phi) is 4.99. The summed E-state index contributed by atoms with van der Waals surface area (Å²) >= 11 is 1.90. The van der Waals surface area contributed by atoms with E-state index in [-0.39, 0.29) is 11.9 Å². The molecule has 3 rings (SSSR count). The van der Waals surface area contributed by atoms with Crippen LogP contribution in [-0.4, -0.2) is 40.3 Å². The molecular formula is C18H25NO3S. The molecule has 2 fully saturated rings. The van der Waals surface area contributed by atoms with Crippen LogP contribution in [0.1, 0.15) is 32.8 Å². The second kappa shape index (κ2) is 6.83. The molecule has 0 spiro atoms. The predicted octanol–water partition coefficient (Wildman–Crippen LogP) is 3.27. The van der Waals surface area contributed by atoms with Crippen LogP contribution in [-0.2, 0) is 20.9 Å². The van der Waals surface area contributed by atoms with Crippen molar-refractivity contribution in [3.05, 3.63) is 35.9 Å². The molecule has 1 aromatic rings. The van der Waals surface area contributed by atoms with E-state index in [0.717, 1.165) is 17.9 Å². The Morgan fingerprint density at radius 1 is 1.35 bits per heavy atom. The average molecular weight is 335 g/mol. The van der Waals surface area contributed by atoms with Crippen molar-refractivity contribution in [3.8, 4) is 0 Å². The standard InChI is InChI=1S/C18H25NO3S/c1-18(2,3)21-17(20)16-14-12-23-10-9-15(14)19(22-16)11-13-7-5-4-6-8-13/h4-8,14-16H,9-12H2,1-3H3/t14-,15-,16-/m0/s1. The van der Waals surface area contributed by atoms with E-state index in [1.165, 1.54) is 5.56 Å². The first-order valence-electron chi connectivity index (χ1n) is 8.22. The Morgan fingerprint density at radius 3 is 2.78 bits per heavy atom. The van der Waals surface area contributed by atoms with Crippen molar-refractivity contribution in [1.29, 1.82) is 0 Å². The van der Waals surface area contributed by atoms with Crippen LogP contribution < -0.4 is 0 Å². The largest absolute Gasteiger partial charge is 0.458 e. The first-order valence-corrected chi connectivity index (χ1v) is 9.37. The van der Waals surface area contributed by atoms with Crippen molar-refractivity contribution >= 4 is 17.7 Å². The first kappa shape index (κ1) is 16.8. The van der Waals surface area contributed by atoms with Crippen molar-refractivity contribution in [2.24, 2.45) is 5.92 Å². The van der Waals surface area contributed by atoms with E-state index >= 15 is 0 Å². The minimum atomic E-state index is -0.482. The van der Waals surface area contributed by atoms with Crippen LogP contribution in [0.2, 0.25) is 0 Å². The van der Waals surface area contributed by atoms with Crippen LogP contribution >= 0.6 is 11.8 Å². The second-order valence-electron chi connectivity index (χ2n) is 7.22. The number of benzene rings is 1. The molecule has 1 aromatic carbocycles. The molecule has 2 saturated heterocycles. The third kappa shape index (κ3) is 4.08. The van der Waals surface area contributed by atoms with Gasteiger partial charge in [-0.15, -0.1) is 0 Å². The smallest absolute Gasteiger partial charge is 0.338 e. The summed E-state index contributed by atoms with van der Waals surface area (Å²) in [6.07, 6.45) is 0.581. The molecule has 0 amide bonds. The minimum absolute atomic E-state index is 0.215. The van der Waals surface area contributed by atoms with Crippen molar-refractivity contribution in [2.75, 3.05) is 11.5 Å². The van der Waals surface area contributed by atoms with Gasteiger partial charge in [0.25, 0.3) is 0 Å². The van der Waals surface area contributed by atoms with Crippen LogP contribution in [0.5, 0.6) is 0 Å². The van der Waals surface area contributed by atoms with Crippen molar-refractivity contribution in [3.63, 3.8) is 0 Å². The summed E-state index contributed by atoms with van der Waals surface area (Å²) in [6, 6.07) is 10.6. The van der Waals surface area contributed by atoms with Gasteiger partial charge < -0.3 is 4.74 Å². The van der Waals surface area contributed by atoms with E-state index in [1.807, 2.05) is 55.8 Å². The molecule has 2 heterocycles. The molecule has 0 unspecified atom stereocenters. The molecule has 23 heavy (non-hydrogen) atoms. The summed E-state index contributed by atoms with van der Waals surface area (Å²) in [4.78, 5) is 18.6. The lowest BCUT2D eigenvalue weighted by Gasteiger charge is -2.29. The summed E-state index contributed by atoms with van der Waals surface area (Å²) in [5, 5.41) is 2.01. The quantitative estimate of drug-likeness (QED) is 0.793. The summed E-state index contributed by atoms with van der Waals surface area (Å²) in [6.45, 7) is 6.41. The van der Waals surface area contributed by atoms with E-state index in [0.29, 0.717) is 12.6 Å². The molecule has 0 N–H and O–H groups in total. The number of carbonyl (C=O) groups is 1. The van der Waals surface area contributed by atoms with Gasteiger partial charge in [0.05, 0.1) is 0 Å². The lowest BCUT2D eigenvalue weighted by atomic mass is 9.94. The number of nitrogens with zero attached hydrogens (tertiary/aromatic N) is 1. The van der Waals surface area contributed by atoms with Crippen molar-refractivity contribution in [2.45, 2.75) is 51.5 Å². The molecule has 0 aromatic heterocycles. The second-order valence-corrected chi connectivity index (χ2v) is 8.36. The van der Waals surface area contributed by atoms with Crippen LogP contribution in [0.4, 0.5) is 0 Å². The fourth-order valence-corrected chi connectivity index (χ4v) is 4.44. The van der Waals surface area contributed by atoms with E-state index < -0.39 is 11.7 Å². The zero-order valence-electron chi connectivity index (χ0n) is 14.0. The Balaban J connectivity index is 1.73.